The van der Waals surface area contributed by atoms with Gasteiger partial charge < -0.3 is 9.84 Å². The number of hydrogen-bond donors (Lipinski definition) is 1. The molecule has 22 heavy (non-hydrogen) atoms. The van der Waals surface area contributed by atoms with Crippen LogP contribution in [0.1, 0.15) is 66.2 Å². The van der Waals surface area contributed by atoms with Crippen LogP contribution in [0.3, 0.4) is 0 Å². The van der Waals surface area contributed by atoms with Gasteiger partial charge in [-0.1, -0.05) is 27.2 Å². The average molecular weight is 309 g/mol. The Balaban J connectivity index is 1.49. The highest BCUT2D eigenvalue weighted by Crippen LogP contribution is 2.66. The maximum atomic E-state index is 10.4. The summed E-state index contributed by atoms with van der Waals surface area (Å²) >= 11 is 0. The van der Waals surface area contributed by atoms with Crippen molar-refractivity contribution in [1.29, 1.82) is 0 Å². The lowest BCUT2D eigenvalue weighted by atomic mass is 9.70. The van der Waals surface area contributed by atoms with Gasteiger partial charge >= 0.3 is 0 Å². The molecule has 0 aromatic heterocycles. The molecule has 2 aliphatic carbocycles. The highest BCUT2D eigenvalue weighted by molar-refractivity contribution is 5.11. The van der Waals surface area contributed by atoms with Crippen molar-refractivity contribution >= 4 is 0 Å². The zero-order chi connectivity index (χ0) is 16.0. The molecule has 3 heteroatoms. The minimum absolute atomic E-state index is 0.301. The van der Waals surface area contributed by atoms with Crippen molar-refractivity contribution in [2.24, 2.45) is 16.7 Å². The third kappa shape index (κ3) is 2.74. The van der Waals surface area contributed by atoms with Crippen LogP contribution in [-0.4, -0.2) is 48.0 Å². The molecule has 3 rings (SSSR count). The minimum atomic E-state index is -0.341. The van der Waals surface area contributed by atoms with E-state index in [1.165, 1.54) is 38.5 Å². The Hall–Kier alpha value is -0.120. The summed E-state index contributed by atoms with van der Waals surface area (Å²) in [7, 11) is 0. The van der Waals surface area contributed by atoms with Crippen LogP contribution in [0.5, 0.6) is 0 Å². The van der Waals surface area contributed by atoms with Gasteiger partial charge in [0.25, 0.3) is 0 Å². The van der Waals surface area contributed by atoms with Crippen molar-refractivity contribution in [2.75, 3.05) is 19.7 Å². The lowest BCUT2D eigenvalue weighted by Gasteiger charge is -2.39. The van der Waals surface area contributed by atoms with E-state index >= 15 is 0 Å². The maximum Gasteiger partial charge on any atom is 0.0900 e. The van der Waals surface area contributed by atoms with Gasteiger partial charge in [-0.2, -0.15) is 0 Å². The van der Waals surface area contributed by atoms with E-state index in [9.17, 15) is 5.11 Å². The third-order valence-corrected chi connectivity index (χ3v) is 7.59. The predicted octanol–water partition coefficient (Wildman–Crippen LogP) is 3.45. The molecular weight excluding hydrogens is 274 g/mol. The van der Waals surface area contributed by atoms with Gasteiger partial charge in [0.1, 0.15) is 0 Å². The van der Waals surface area contributed by atoms with Crippen LogP contribution in [0.2, 0.25) is 0 Å². The topological polar surface area (TPSA) is 32.7 Å². The Kier molecular flexibility index (Phi) is 4.61. The number of aliphatic hydroxyl groups excluding tert-OH is 1. The zero-order valence-electron chi connectivity index (χ0n) is 15.0. The molecule has 1 N–H and O–H groups in total. The molecule has 5 atom stereocenters. The van der Waals surface area contributed by atoms with E-state index in [4.69, 9.17) is 4.74 Å². The van der Waals surface area contributed by atoms with Crippen LogP contribution in [0.15, 0.2) is 0 Å². The van der Waals surface area contributed by atoms with Crippen LogP contribution in [0, 0.1) is 16.7 Å². The van der Waals surface area contributed by atoms with Crippen molar-refractivity contribution in [2.45, 2.75) is 84.5 Å². The van der Waals surface area contributed by atoms with Crippen molar-refractivity contribution < 1.29 is 9.84 Å². The Morgan fingerprint density at radius 2 is 2.00 bits per heavy atom. The molecule has 1 heterocycles. The SMILES string of the molecule is CC1CCCCN1CC(O)COC1CC2CCC1(C)C2(C)C. The normalized spacial score (nSPS) is 42.7. The highest BCUT2D eigenvalue weighted by Gasteiger charge is 2.61. The summed E-state index contributed by atoms with van der Waals surface area (Å²) in [6.07, 6.45) is 7.71. The number of fused-ring (bicyclic) bond motifs is 2. The predicted molar refractivity (Wildman–Crippen MR) is 89.9 cm³/mol. The van der Waals surface area contributed by atoms with Gasteiger partial charge in [0, 0.05) is 12.6 Å². The Bertz CT molecular complexity index is 397. The number of piperidine rings is 1. The van der Waals surface area contributed by atoms with E-state index in [0.717, 1.165) is 19.0 Å². The largest absolute Gasteiger partial charge is 0.389 e. The summed E-state index contributed by atoms with van der Waals surface area (Å²) in [5.41, 5.74) is 0.694. The highest BCUT2D eigenvalue weighted by atomic mass is 16.5. The molecule has 128 valence electrons. The first kappa shape index (κ1) is 16.7. The standard InChI is InChI=1S/C19H35NO2/c1-14-7-5-6-10-20(14)12-16(21)13-22-17-11-15-8-9-19(17,4)18(15,2)3/h14-17,21H,5-13H2,1-4H3. The summed E-state index contributed by atoms with van der Waals surface area (Å²) in [5, 5.41) is 10.4. The summed E-state index contributed by atoms with van der Waals surface area (Å²) in [6.45, 7) is 11.9. The van der Waals surface area contributed by atoms with Crippen LogP contribution in [-0.2, 0) is 4.74 Å². The number of hydrogen-bond acceptors (Lipinski definition) is 3. The molecule has 0 aromatic rings. The molecule has 2 saturated carbocycles. The molecule has 3 nitrogen and oxygen atoms in total. The van der Waals surface area contributed by atoms with Gasteiger partial charge in [0.05, 0.1) is 18.8 Å². The van der Waals surface area contributed by atoms with Crippen LogP contribution < -0.4 is 0 Å². The molecule has 1 aliphatic heterocycles. The number of likely N-dealkylation sites (tertiary alicyclic amines) is 1. The summed E-state index contributed by atoms with van der Waals surface area (Å²) in [6, 6.07) is 0.613. The molecular formula is C19H35NO2. The fourth-order valence-electron chi connectivity index (χ4n) is 5.36. The minimum Gasteiger partial charge on any atom is -0.389 e. The smallest absolute Gasteiger partial charge is 0.0900 e. The van der Waals surface area contributed by atoms with Crippen molar-refractivity contribution in [3.8, 4) is 0 Å². The fourth-order valence-corrected chi connectivity index (χ4v) is 5.36. The van der Waals surface area contributed by atoms with Crippen LogP contribution in [0.4, 0.5) is 0 Å². The van der Waals surface area contributed by atoms with E-state index in [2.05, 4.69) is 32.6 Å². The quantitative estimate of drug-likeness (QED) is 0.844. The molecule has 0 amide bonds. The first-order chi connectivity index (χ1) is 10.3. The molecule has 2 bridgehead atoms. The first-order valence-electron chi connectivity index (χ1n) is 9.38. The van der Waals surface area contributed by atoms with Gasteiger partial charge in [-0.3, -0.25) is 4.90 Å². The Morgan fingerprint density at radius 1 is 1.23 bits per heavy atom. The molecule has 0 aromatic carbocycles. The number of ether oxygens (including phenoxy) is 1. The molecule has 5 unspecified atom stereocenters. The molecule has 3 aliphatic rings. The van der Waals surface area contributed by atoms with Crippen molar-refractivity contribution in [3.63, 3.8) is 0 Å². The van der Waals surface area contributed by atoms with Gasteiger partial charge in [0.2, 0.25) is 0 Å². The lowest BCUT2D eigenvalue weighted by molar-refractivity contribution is -0.0816. The summed E-state index contributed by atoms with van der Waals surface area (Å²) < 4.78 is 6.24. The molecule has 0 spiro atoms. The van der Waals surface area contributed by atoms with Gasteiger partial charge in [-0.25, -0.2) is 0 Å². The van der Waals surface area contributed by atoms with Gasteiger partial charge in [-0.15, -0.1) is 0 Å². The van der Waals surface area contributed by atoms with Gasteiger partial charge in [0.15, 0.2) is 0 Å². The lowest BCUT2D eigenvalue weighted by Crippen LogP contribution is -2.44. The second-order valence-corrected chi connectivity index (χ2v) is 8.93. The molecule has 0 radical (unpaired) electrons. The third-order valence-electron chi connectivity index (χ3n) is 7.59. The Morgan fingerprint density at radius 3 is 2.59 bits per heavy atom. The first-order valence-corrected chi connectivity index (χ1v) is 9.38. The number of nitrogens with zero attached hydrogens (tertiary/aromatic N) is 1. The Labute approximate surface area is 136 Å². The zero-order valence-corrected chi connectivity index (χ0v) is 15.0. The molecule has 3 fully saturated rings. The van der Waals surface area contributed by atoms with Gasteiger partial charge in [-0.05, 0) is 62.3 Å². The van der Waals surface area contributed by atoms with E-state index in [1.54, 1.807) is 0 Å². The van der Waals surface area contributed by atoms with E-state index in [-0.39, 0.29) is 6.10 Å². The summed E-state index contributed by atoms with van der Waals surface area (Å²) in [5.74, 6) is 0.807. The maximum absolute atomic E-state index is 10.4. The molecule has 1 saturated heterocycles. The summed E-state index contributed by atoms with van der Waals surface area (Å²) in [4.78, 5) is 2.43. The fraction of sp³-hybridized carbons (Fsp3) is 1.00. The second-order valence-electron chi connectivity index (χ2n) is 8.93. The van der Waals surface area contributed by atoms with Crippen molar-refractivity contribution in [3.05, 3.63) is 0 Å². The number of rotatable bonds is 5. The monoisotopic (exact) mass is 309 g/mol. The van der Waals surface area contributed by atoms with Crippen LogP contribution >= 0.6 is 0 Å². The number of aliphatic hydroxyl groups is 1. The van der Waals surface area contributed by atoms with Crippen LogP contribution in [0.25, 0.3) is 0 Å². The second kappa shape index (κ2) is 6.07. The average Bonchev–Trinajstić information content (AvgIpc) is 2.80. The van der Waals surface area contributed by atoms with E-state index in [1.807, 2.05) is 0 Å². The van der Waals surface area contributed by atoms with E-state index < -0.39 is 0 Å². The number of β-amino-alcohol motifs (C(OH)–C–C–N with tert-alkyl or cyclic N) is 1. The van der Waals surface area contributed by atoms with E-state index in [0.29, 0.717) is 29.6 Å². The van der Waals surface area contributed by atoms with Crippen molar-refractivity contribution in [1.82, 2.24) is 4.90 Å².